The molecule has 0 aliphatic carbocycles. The third kappa shape index (κ3) is 6.15. The molecule has 0 atom stereocenters. The molecule has 2 aromatic carbocycles. The third-order valence-corrected chi connectivity index (χ3v) is 8.98. The maximum atomic E-state index is 12.6. The lowest BCUT2D eigenvalue weighted by atomic mass is 10.1. The van der Waals surface area contributed by atoms with Crippen molar-refractivity contribution in [2.45, 2.75) is 42.4 Å². The molecule has 1 aliphatic heterocycles. The highest BCUT2D eigenvalue weighted by Gasteiger charge is 2.27. The van der Waals surface area contributed by atoms with E-state index in [2.05, 4.69) is 10.0 Å². The van der Waals surface area contributed by atoms with Crippen LogP contribution in [-0.2, 0) is 26.5 Å². The molecule has 3 rings (SSSR count). The molecule has 0 bridgehead atoms. The Morgan fingerprint density at radius 2 is 1.68 bits per heavy atom. The van der Waals surface area contributed by atoms with Crippen molar-refractivity contribution in [2.24, 2.45) is 0 Å². The number of rotatable bonds is 11. The van der Waals surface area contributed by atoms with Gasteiger partial charge in [-0.15, -0.1) is 0 Å². The molecule has 2 aromatic rings. The van der Waals surface area contributed by atoms with Crippen molar-refractivity contribution in [3.63, 3.8) is 0 Å². The molecule has 0 spiro atoms. The fourth-order valence-corrected chi connectivity index (χ4v) is 6.51. The number of benzene rings is 2. The Labute approximate surface area is 201 Å². The fraction of sp³-hybridized carbons (Fsp3) is 0.435. The minimum absolute atomic E-state index is 0.0918. The van der Waals surface area contributed by atoms with Gasteiger partial charge in [0.2, 0.25) is 20.0 Å². The predicted octanol–water partition coefficient (Wildman–Crippen LogP) is 2.14. The zero-order valence-electron chi connectivity index (χ0n) is 19.4. The maximum absolute atomic E-state index is 12.6. The Hall–Kier alpha value is -2.47. The van der Waals surface area contributed by atoms with Crippen LogP contribution in [0.1, 0.15) is 42.1 Å². The van der Waals surface area contributed by atoms with Crippen LogP contribution >= 0.6 is 0 Å². The Kier molecular flexibility index (Phi) is 8.69. The first kappa shape index (κ1) is 26.1. The van der Waals surface area contributed by atoms with Gasteiger partial charge in [-0.3, -0.25) is 4.79 Å². The van der Waals surface area contributed by atoms with Crippen molar-refractivity contribution in [1.29, 1.82) is 0 Å². The first-order chi connectivity index (χ1) is 16.2. The number of hydrogen-bond donors (Lipinski definition) is 2. The van der Waals surface area contributed by atoms with Gasteiger partial charge in [0, 0.05) is 31.7 Å². The lowest BCUT2D eigenvalue weighted by Gasteiger charge is -2.15. The molecule has 1 saturated heterocycles. The number of nitrogens with zero attached hydrogens (tertiary/aromatic N) is 1. The van der Waals surface area contributed by atoms with Gasteiger partial charge in [-0.1, -0.05) is 19.1 Å². The predicted molar refractivity (Wildman–Crippen MR) is 129 cm³/mol. The Morgan fingerprint density at radius 1 is 1.00 bits per heavy atom. The quantitative estimate of drug-likeness (QED) is 0.479. The number of methoxy groups -OCH3 is 1. The van der Waals surface area contributed by atoms with Crippen molar-refractivity contribution >= 4 is 26.0 Å². The van der Waals surface area contributed by atoms with Gasteiger partial charge in [0.05, 0.1) is 12.0 Å². The van der Waals surface area contributed by atoms with Crippen LogP contribution in [0.15, 0.2) is 52.3 Å². The number of carbonyl (C=O) groups excluding carboxylic acids is 1. The van der Waals surface area contributed by atoms with E-state index in [1.807, 2.05) is 6.92 Å². The second kappa shape index (κ2) is 11.3. The summed E-state index contributed by atoms with van der Waals surface area (Å²) >= 11 is 0. The van der Waals surface area contributed by atoms with E-state index in [9.17, 15) is 21.6 Å². The summed E-state index contributed by atoms with van der Waals surface area (Å²) in [6.07, 6.45) is 2.89. The van der Waals surface area contributed by atoms with Gasteiger partial charge >= 0.3 is 0 Å². The lowest BCUT2D eigenvalue weighted by molar-refractivity contribution is 0.0954. The van der Waals surface area contributed by atoms with Crippen LogP contribution < -0.4 is 14.8 Å². The van der Waals surface area contributed by atoms with Crippen LogP contribution in [0.5, 0.6) is 5.75 Å². The van der Waals surface area contributed by atoms with E-state index in [4.69, 9.17) is 4.74 Å². The molecule has 11 heteroatoms. The van der Waals surface area contributed by atoms with Crippen LogP contribution in [0, 0.1) is 0 Å². The van der Waals surface area contributed by atoms with Crippen LogP contribution in [0.4, 0.5) is 0 Å². The average molecular weight is 510 g/mol. The van der Waals surface area contributed by atoms with Crippen LogP contribution in [0.2, 0.25) is 0 Å². The van der Waals surface area contributed by atoms with Crippen LogP contribution in [0.25, 0.3) is 0 Å². The minimum Gasteiger partial charge on any atom is -0.495 e. The molecule has 0 saturated carbocycles. The summed E-state index contributed by atoms with van der Waals surface area (Å²) in [5.74, 6) is -0.257. The van der Waals surface area contributed by atoms with Crippen molar-refractivity contribution < 1.29 is 26.4 Å². The van der Waals surface area contributed by atoms with E-state index in [1.54, 1.807) is 24.3 Å². The monoisotopic (exact) mass is 509 g/mol. The molecule has 2 N–H and O–H groups in total. The topological polar surface area (TPSA) is 122 Å². The van der Waals surface area contributed by atoms with E-state index in [0.717, 1.165) is 18.4 Å². The minimum atomic E-state index is -3.81. The molecule has 1 heterocycles. The SMILES string of the molecule is CCCNS(=O)(=O)c1cc(C(=O)NCCc2ccc(S(=O)(=O)N3CCCC3)cc2)ccc1OC. The third-order valence-electron chi connectivity index (χ3n) is 5.58. The molecule has 0 radical (unpaired) electrons. The van der Waals surface area contributed by atoms with E-state index in [0.29, 0.717) is 32.5 Å². The molecule has 9 nitrogen and oxygen atoms in total. The van der Waals surface area contributed by atoms with Gasteiger partial charge < -0.3 is 10.1 Å². The van der Waals surface area contributed by atoms with E-state index in [1.165, 1.54) is 29.6 Å². The largest absolute Gasteiger partial charge is 0.495 e. The van der Waals surface area contributed by atoms with E-state index in [-0.39, 0.29) is 27.6 Å². The highest BCUT2D eigenvalue weighted by Crippen LogP contribution is 2.25. The number of carbonyl (C=O) groups is 1. The van der Waals surface area contributed by atoms with Crippen LogP contribution in [0.3, 0.4) is 0 Å². The lowest BCUT2D eigenvalue weighted by Crippen LogP contribution is -2.28. The van der Waals surface area contributed by atoms with Crippen molar-refractivity contribution in [1.82, 2.24) is 14.3 Å². The van der Waals surface area contributed by atoms with Crippen molar-refractivity contribution in [2.75, 3.05) is 33.3 Å². The van der Waals surface area contributed by atoms with Gasteiger partial charge in [-0.05, 0) is 61.6 Å². The molecule has 0 aromatic heterocycles. The van der Waals surface area contributed by atoms with Gasteiger partial charge in [0.15, 0.2) is 0 Å². The summed E-state index contributed by atoms with van der Waals surface area (Å²) in [7, 11) is -5.90. The molecule has 186 valence electrons. The summed E-state index contributed by atoms with van der Waals surface area (Å²) in [5.41, 5.74) is 1.08. The van der Waals surface area contributed by atoms with Crippen LogP contribution in [-0.4, -0.2) is 60.3 Å². The molecule has 1 fully saturated rings. The zero-order chi connectivity index (χ0) is 24.8. The highest BCUT2D eigenvalue weighted by molar-refractivity contribution is 7.89. The smallest absolute Gasteiger partial charge is 0.251 e. The number of amides is 1. The molecule has 34 heavy (non-hydrogen) atoms. The summed E-state index contributed by atoms with van der Waals surface area (Å²) in [6, 6.07) is 10.9. The first-order valence-corrected chi connectivity index (χ1v) is 14.2. The molecular weight excluding hydrogens is 478 g/mol. The van der Waals surface area contributed by atoms with E-state index < -0.39 is 26.0 Å². The second-order valence-corrected chi connectivity index (χ2v) is 11.7. The Morgan fingerprint density at radius 3 is 2.29 bits per heavy atom. The Bertz CT molecular complexity index is 1210. The van der Waals surface area contributed by atoms with Gasteiger partial charge in [-0.25, -0.2) is 21.6 Å². The summed E-state index contributed by atoms with van der Waals surface area (Å²) in [6.45, 7) is 3.54. The molecular formula is C23H31N3O6S2. The normalized spacial score (nSPS) is 14.8. The second-order valence-electron chi connectivity index (χ2n) is 8.02. The zero-order valence-corrected chi connectivity index (χ0v) is 21.0. The first-order valence-electron chi connectivity index (χ1n) is 11.2. The van der Waals surface area contributed by atoms with Crippen molar-refractivity contribution in [3.8, 4) is 5.75 Å². The number of hydrogen-bond acceptors (Lipinski definition) is 6. The van der Waals surface area contributed by atoms with Gasteiger partial charge in [-0.2, -0.15) is 4.31 Å². The maximum Gasteiger partial charge on any atom is 0.251 e. The standard InChI is InChI=1S/C23H31N3O6S2/c1-3-13-25-33(28,29)22-17-19(8-11-21(22)32-2)23(27)24-14-12-18-6-9-20(10-7-18)34(30,31)26-15-4-5-16-26/h6-11,17,25H,3-5,12-16H2,1-2H3,(H,24,27). The molecule has 1 aliphatic rings. The summed E-state index contributed by atoms with van der Waals surface area (Å²) in [5, 5.41) is 2.77. The molecule has 0 unspecified atom stereocenters. The Balaban J connectivity index is 1.62. The number of ether oxygens (including phenoxy) is 1. The van der Waals surface area contributed by atoms with Crippen molar-refractivity contribution in [3.05, 3.63) is 53.6 Å². The van der Waals surface area contributed by atoms with E-state index >= 15 is 0 Å². The average Bonchev–Trinajstić information content (AvgIpc) is 3.39. The number of nitrogens with one attached hydrogen (secondary N) is 2. The summed E-state index contributed by atoms with van der Waals surface area (Å²) < 4.78 is 59.5. The van der Waals surface area contributed by atoms with Gasteiger partial charge in [0.1, 0.15) is 10.6 Å². The van der Waals surface area contributed by atoms with Gasteiger partial charge in [0.25, 0.3) is 5.91 Å². The number of sulfonamides is 2. The highest BCUT2D eigenvalue weighted by atomic mass is 32.2. The molecule has 1 amide bonds. The fourth-order valence-electron chi connectivity index (χ4n) is 3.67. The summed E-state index contributed by atoms with van der Waals surface area (Å²) in [4.78, 5) is 12.8.